The summed E-state index contributed by atoms with van der Waals surface area (Å²) in [4.78, 5) is 9.24. The number of pyridine rings is 1. The van der Waals surface area contributed by atoms with Gasteiger partial charge in [0.2, 0.25) is 5.96 Å². The van der Waals surface area contributed by atoms with Crippen LogP contribution < -0.4 is 11.2 Å². The minimum Gasteiger partial charge on any atom is -0.369 e. The zero-order chi connectivity index (χ0) is 24.6. The van der Waals surface area contributed by atoms with Crippen molar-refractivity contribution in [1.82, 2.24) is 14.8 Å². The number of aliphatic imine (C=N–C) groups is 1. The third-order valence-corrected chi connectivity index (χ3v) is 6.94. The molecule has 0 atom stereocenters. The van der Waals surface area contributed by atoms with Crippen molar-refractivity contribution in [2.75, 3.05) is 7.05 Å². The Morgan fingerprint density at radius 2 is 1.69 bits per heavy atom. The highest BCUT2D eigenvalue weighted by Gasteiger charge is 2.16. The van der Waals surface area contributed by atoms with E-state index >= 15 is 0 Å². The van der Waals surface area contributed by atoms with Gasteiger partial charge in [-0.15, -0.1) is 4.41 Å². The summed E-state index contributed by atoms with van der Waals surface area (Å²) >= 11 is 13.5. The monoisotopic (exact) mass is 529 g/mol. The highest BCUT2D eigenvalue weighted by atomic mass is 35.5. The van der Waals surface area contributed by atoms with Crippen molar-refractivity contribution in [3.05, 3.63) is 76.4 Å². The quantitative estimate of drug-likeness (QED) is 0.109. The first kappa shape index (κ1) is 25.8. The number of guanidine groups is 1. The van der Waals surface area contributed by atoms with Crippen LogP contribution in [0.3, 0.4) is 0 Å². The van der Waals surface area contributed by atoms with E-state index in [2.05, 4.69) is 16.5 Å². The molecule has 0 spiro atoms. The molecule has 1 aliphatic rings. The summed E-state index contributed by atoms with van der Waals surface area (Å²) in [7, 11) is 1.86. The number of halogens is 2. The predicted octanol–water partition coefficient (Wildman–Crippen LogP) is 6.89. The van der Waals surface area contributed by atoms with Crippen LogP contribution >= 0.6 is 35.4 Å². The molecule has 0 aliphatic heterocycles. The van der Waals surface area contributed by atoms with Crippen LogP contribution in [0.15, 0.2) is 65.8 Å². The lowest BCUT2D eigenvalue weighted by atomic mass is 9.98. The molecule has 0 bridgehead atoms. The van der Waals surface area contributed by atoms with Gasteiger partial charge in [0, 0.05) is 34.4 Å². The average Bonchev–Trinajstić information content (AvgIpc) is 2.88. The standard InChI is InChI=1S/C26H29Cl2N5OS/c1-33(35-34-23-5-3-2-4-6-23)32-26(29)31-17-18-15-24(19-7-11-21(27)12-8-19)25(30-16-18)20-9-13-22(28)14-10-20/h7-16,23H,2-6,17H2,1H3,(H3,29,31,32). The van der Waals surface area contributed by atoms with Gasteiger partial charge in [-0.25, -0.2) is 4.99 Å². The van der Waals surface area contributed by atoms with Crippen molar-refractivity contribution in [3.8, 4) is 22.4 Å². The number of hydrogen-bond donors (Lipinski definition) is 2. The van der Waals surface area contributed by atoms with E-state index in [4.69, 9.17) is 38.1 Å². The summed E-state index contributed by atoms with van der Waals surface area (Å²) in [5.41, 5.74) is 13.9. The first-order valence-electron chi connectivity index (χ1n) is 11.6. The Kier molecular flexibility index (Phi) is 9.29. The molecule has 0 amide bonds. The Morgan fingerprint density at radius 3 is 2.34 bits per heavy atom. The molecule has 6 nitrogen and oxygen atoms in total. The largest absolute Gasteiger partial charge is 0.369 e. The van der Waals surface area contributed by atoms with Crippen LogP contribution in [0.25, 0.3) is 22.4 Å². The zero-order valence-electron chi connectivity index (χ0n) is 19.6. The maximum atomic E-state index is 6.11. The molecule has 1 heterocycles. The van der Waals surface area contributed by atoms with Crippen molar-refractivity contribution in [3.63, 3.8) is 0 Å². The summed E-state index contributed by atoms with van der Waals surface area (Å²) < 4.78 is 7.62. The molecule has 2 aromatic carbocycles. The molecule has 0 unspecified atom stereocenters. The number of nitrogens with two attached hydrogens (primary N) is 1. The van der Waals surface area contributed by atoms with Gasteiger partial charge in [-0.05, 0) is 54.3 Å². The minimum absolute atomic E-state index is 0.299. The molecule has 4 rings (SSSR count). The van der Waals surface area contributed by atoms with Crippen molar-refractivity contribution in [1.29, 1.82) is 0 Å². The Labute approximate surface area is 221 Å². The van der Waals surface area contributed by atoms with Crippen LogP contribution in [0, 0.1) is 0 Å². The van der Waals surface area contributed by atoms with Crippen LogP contribution in [0.5, 0.6) is 0 Å². The minimum atomic E-state index is 0.299. The van der Waals surface area contributed by atoms with Crippen LogP contribution in [-0.4, -0.2) is 28.5 Å². The lowest BCUT2D eigenvalue weighted by molar-refractivity contribution is 0.175. The van der Waals surface area contributed by atoms with Gasteiger partial charge in [0.25, 0.3) is 0 Å². The van der Waals surface area contributed by atoms with Gasteiger partial charge in [0.05, 0.1) is 18.3 Å². The van der Waals surface area contributed by atoms with Gasteiger partial charge in [0.15, 0.2) is 0 Å². The third kappa shape index (κ3) is 7.59. The van der Waals surface area contributed by atoms with E-state index < -0.39 is 0 Å². The number of nitrogens with zero attached hydrogens (tertiary/aromatic N) is 3. The van der Waals surface area contributed by atoms with Gasteiger partial charge >= 0.3 is 0 Å². The van der Waals surface area contributed by atoms with Crippen LogP contribution in [0.1, 0.15) is 37.7 Å². The average molecular weight is 531 g/mol. The molecule has 9 heteroatoms. The Hall–Kier alpha value is -2.29. The first-order valence-corrected chi connectivity index (χ1v) is 13.1. The molecule has 1 aromatic heterocycles. The lowest BCUT2D eigenvalue weighted by Gasteiger charge is -2.23. The molecule has 1 aliphatic carbocycles. The van der Waals surface area contributed by atoms with Gasteiger partial charge in [0.1, 0.15) is 12.2 Å². The fourth-order valence-corrected chi connectivity index (χ4v) is 4.79. The van der Waals surface area contributed by atoms with Gasteiger partial charge in [-0.2, -0.15) is 0 Å². The molecule has 3 N–H and O–H groups in total. The fraction of sp³-hybridized carbons (Fsp3) is 0.308. The third-order valence-electron chi connectivity index (χ3n) is 5.76. The molecule has 1 saturated carbocycles. The second kappa shape index (κ2) is 12.6. The molecule has 3 aromatic rings. The van der Waals surface area contributed by atoms with Crippen LogP contribution in [0.2, 0.25) is 10.0 Å². The SMILES string of the molecule is CN(NC(N)=NCc1cnc(-c2ccc(Cl)cc2)c(-c2ccc(Cl)cc2)c1)SOC1CCCCC1. The fourth-order valence-electron chi connectivity index (χ4n) is 3.96. The van der Waals surface area contributed by atoms with E-state index in [0.717, 1.165) is 40.8 Å². The van der Waals surface area contributed by atoms with E-state index in [1.807, 2.05) is 61.8 Å². The molecule has 0 saturated heterocycles. The highest BCUT2D eigenvalue weighted by molar-refractivity contribution is 7.92. The van der Waals surface area contributed by atoms with Gasteiger partial charge in [-0.1, -0.05) is 66.7 Å². The zero-order valence-corrected chi connectivity index (χ0v) is 21.9. The topological polar surface area (TPSA) is 75.8 Å². The number of hydrogen-bond acceptors (Lipinski definition) is 5. The summed E-state index contributed by atoms with van der Waals surface area (Å²) in [6.07, 6.45) is 8.11. The lowest BCUT2D eigenvalue weighted by Crippen LogP contribution is -2.40. The predicted molar refractivity (Wildman–Crippen MR) is 147 cm³/mol. The summed E-state index contributed by atoms with van der Waals surface area (Å²) in [5, 5.41) is 1.37. The maximum absolute atomic E-state index is 6.11. The first-order chi connectivity index (χ1) is 17.0. The van der Waals surface area contributed by atoms with Crippen LogP contribution in [-0.2, 0) is 10.7 Å². The van der Waals surface area contributed by atoms with Crippen molar-refractivity contribution in [2.24, 2.45) is 10.7 Å². The Morgan fingerprint density at radius 1 is 1.06 bits per heavy atom. The highest BCUT2D eigenvalue weighted by Crippen LogP contribution is 2.32. The van der Waals surface area contributed by atoms with Crippen molar-refractivity contribution >= 4 is 41.4 Å². The summed E-state index contributed by atoms with van der Waals surface area (Å²) in [6, 6.07) is 17.5. The Bertz CT molecular complexity index is 1140. The van der Waals surface area contributed by atoms with E-state index in [1.165, 1.54) is 31.5 Å². The second-order valence-corrected chi connectivity index (χ2v) is 10.3. The normalized spacial score (nSPS) is 14.9. The van der Waals surface area contributed by atoms with Crippen molar-refractivity contribution in [2.45, 2.75) is 44.8 Å². The van der Waals surface area contributed by atoms with E-state index in [0.29, 0.717) is 28.7 Å². The van der Waals surface area contributed by atoms with E-state index in [1.54, 1.807) is 4.41 Å². The summed E-state index contributed by atoms with van der Waals surface area (Å²) in [6.45, 7) is 0.384. The number of rotatable bonds is 8. The summed E-state index contributed by atoms with van der Waals surface area (Å²) in [5.74, 6) is 0.307. The number of benzene rings is 2. The smallest absolute Gasteiger partial charge is 0.204 e. The van der Waals surface area contributed by atoms with Crippen molar-refractivity contribution < 1.29 is 4.18 Å². The van der Waals surface area contributed by atoms with E-state index in [-0.39, 0.29) is 0 Å². The molecule has 1 fully saturated rings. The molecule has 0 radical (unpaired) electrons. The van der Waals surface area contributed by atoms with Gasteiger partial charge in [-0.3, -0.25) is 14.6 Å². The van der Waals surface area contributed by atoms with E-state index in [9.17, 15) is 0 Å². The number of hydrazine groups is 1. The molecule has 35 heavy (non-hydrogen) atoms. The maximum Gasteiger partial charge on any atom is 0.204 e. The Balaban J connectivity index is 1.46. The van der Waals surface area contributed by atoms with Crippen LogP contribution in [0.4, 0.5) is 0 Å². The molecular weight excluding hydrogens is 501 g/mol. The van der Waals surface area contributed by atoms with Gasteiger partial charge < -0.3 is 5.73 Å². The molecular formula is C26H29Cl2N5OS. The molecule has 184 valence electrons. The number of aromatic nitrogens is 1. The number of nitrogens with one attached hydrogen (secondary N) is 1. The second-order valence-electron chi connectivity index (χ2n) is 8.50.